The van der Waals surface area contributed by atoms with Crippen LogP contribution in [0.25, 0.3) is 0 Å². The van der Waals surface area contributed by atoms with Crippen LogP contribution in [0.3, 0.4) is 0 Å². The number of ether oxygens (including phenoxy) is 3. The summed E-state index contributed by atoms with van der Waals surface area (Å²) in [6.45, 7) is 5.69. The van der Waals surface area contributed by atoms with Gasteiger partial charge in [-0.05, 0) is 26.2 Å². The van der Waals surface area contributed by atoms with E-state index in [4.69, 9.17) is 14.2 Å². The number of carbonyl (C=O) groups excluding carboxylic acids is 1. The zero-order valence-electron chi connectivity index (χ0n) is 13.5. The molecule has 1 saturated heterocycles. The molecule has 3 atom stereocenters. The summed E-state index contributed by atoms with van der Waals surface area (Å²) in [5, 5.41) is 9.35. The van der Waals surface area contributed by atoms with Gasteiger partial charge in [0, 0.05) is 0 Å². The third-order valence-electron chi connectivity index (χ3n) is 3.56. The number of aliphatic hydroxyl groups is 1. The molecule has 0 bridgehead atoms. The Morgan fingerprint density at radius 3 is 2.71 bits per heavy atom. The number of methoxy groups -OCH3 is 1. The van der Waals surface area contributed by atoms with Crippen LogP contribution in [0.5, 0.6) is 0 Å². The first kappa shape index (κ1) is 18.1. The maximum absolute atomic E-state index is 11.5. The minimum absolute atomic E-state index is 0.0882. The Bertz CT molecular complexity index is 351. The molecule has 0 saturated carbocycles. The van der Waals surface area contributed by atoms with Gasteiger partial charge in [-0.3, -0.25) is 4.79 Å². The summed E-state index contributed by atoms with van der Waals surface area (Å²) in [6.07, 6.45) is 6.69. The van der Waals surface area contributed by atoms with Crippen molar-refractivity contribution < 1.29 is 24.1 Å². The van der Waals surface area contributed by atoms with E-state index in [2.05, 4.69) is 6.92 Å². The van der Waals surface area contributed by atoms with Gasteiger partial charge in [0.15, 0.2) is 5.79 Å². The topological polar surface area (TPSA) is 65.0 Å². The van der Waals surface area contributed by atoms with Crippen molar-refractivity contribution in [2.45, 2.75) is 64.4 Å². The highest BCUT2D eigenvalue weighted by Gasteiger charge is 2.39. The van der Waals surface area contributed by atoms with Crippen molar-refractivity contribution >= 4 is 5.97 Å². The molecule has 5 heteroatoms. The van der Waals surface area contributed by atoms with Gasteiger partial charge < -0.3 is 19.3 Å². The van der Waals surface area contributed by atoms with Crippen molar-refractivity contribution in [3.8, 4) is 0 Å². The first-order chi connectivity index (χ1) is 9.91. The van der Waals surface area contributed by atoms with E-state index in [1.165, 1.54) is 7.11 Å². The van der Waals surface area contributed by atoms with E-state index in [1.54, 1.807) is 0 Å². The van der Waals surface area contributed by atoms with Crippen LogP contribution in [0.4, 0.5) is 0 Å². The highest BCUT2D eigenvalue weighted by atomic mass is 16.8. The standard InChI is InChI=1S/C16H28O5/c1-5-6-7-12(10-15(18)19-4)8-9-13-14(11-17)21-16(2,3)20-13/h8-9,12-14,17H,5-7,10-11H2,1-4H3/b9-8+/t12-,13+,14?/m1/s1. The van der Waals surface area contributed by atoms with Gasteiger partial charge >= 0.3 is 5.97 Å². The maximum Gasteiger partial charge on any atom is 0.306 e. The molecular formula is C16H28O5. The van der Waals surface area contributed by atoms with E-state index in [0.717, 1.165) is 19.3 Å². The average Bonchev–Trinajstić information content (AvgIpc) is 2.75. The van der Waals surface area contributed by atoms with Crippen molar-refractivity contribution in [1.29, 1.82) is 0 Å². The number of rotatable bonds is 8. The summed E-state index contributed by atoms with van der Waals surface area (Å²) in [5.41, 5.74) is 0. The van der Waals surface area contributed by atoms with Gasteiger partial charge in [-0.2, -0.15) is 0 Å². The Balaban J connectivity index is 2.65. The third kappa shape index (κ3) is 6.16. The smallest absolute Gasteiger partial charge is 0.306 e. The molecule has 0 spiro atoms. The molecule has 122 valence electrons. The molecule has 5 nitrogen and oxygen atoms in total. The van der Waals surface area contributed by atoms with Crippen molar-refractivity contribution in [3.63, 3.8) is 0 Å². The number of aliphatic hydroxyl groups excluding tert-OH is 1. The molecule has 0 aromatic rings. The summed E-state index contributed by atoms with van der Waals surface area (Å²) in [7, 11) is 1.40. The van der Waals surface area contributed by atoms with Crippen LogP contribution in [0.1, 0.15) is 46.5 Å². The molecule has 0 aliphatic carbocycles. The monoisotopic (exact) mass is 300 g/mol. The van der Waals surface area contributed by atoms with Crippen molar-refractivity contribution in [2.75, 3.05) is 13.7 Å². The van der Waals surface area contributed by atoms with Gasteiger partial charge in [0.25, 0.3) is 0 Å². The zero-order chi connectivity index (χ0) is 15.9. The van der Waals surface area contributed by atoms with Crippen LogP contribution in [-0.4, -0.2) is 42.8 Å². The van der Waals surface area contributed by atoms with E-state index < -0.39 is 5.79 Å². The molecule has 21 heavy (non-hydrogen) atoms. The third-order valence-corrected chi connectivity index (χ3v) is 3.56. The van der Waals surface area contributed by atoms with Gasteiger partial charge in [-0.15, -0.1) is 0 Å². The fourth-order valence-electron chi connectivity index (χ4n) is 2.46. The minimum Gasteiger partial charge on any atom is -0.469 e. The van der Waals surface area contributed by atoms with Crippen LogP contribution < -0.4 is 0 Å². The molecular weight excluding hydrogens is 272 g/mol. The predicted molar refractivity (Wildman–Crippen MR) is 79.7 cm³/mol. The Morgan fingerprint density at radius 2 is 2.14 bits per heavy atom. The Morgan fingerprint density at radius 1 is 1.43 bits per heavy atom. The Kier molecular flexibility index (Phi) is 7.35. The normalized spacial score (nSPS) is 26.1. The van der Waals surface area contributed by atoms with Crippen molar-refractivity contribution in [2.24, 2.45) is 5.92 Å². The lowest BCUT2D eigenvalue weighted by molar-refractivity contribution is -0.146. The van der Waals surface area contributed by atoms with Crippen LogP contribution in [0.2, 0.25) is 0 Å². The lowest BCUT2D eigenvalue weighted by Crippen LogP contribution is -2.25. The number of hydrogen-bond donors (Lipinski definition) is 1. The van der Waals surface area contributed by atoms with Crippen molar-refractivity contribution in [1.82, 2.24) is 0 Å². The molecule has 1 aliphatic rings. The maximum atomic E-state index is 11.5. The first-order valence-corrected chi connectivity index (χ1v) is 7.63. The van der Waals surface area contributed by atoms with E-state index >= 15 is 0 Å². The van der Waals surface area contributed by atoms with Gasteiger partial charge in [0.1, 0.15) is 12.2 Å². The summed E-state index contributed by atoms with van der Waals surface area (Å²) in [6, 6.07) is 0. The fourth-order valence-corrected chi connectivity index (χ4v) is 2.46. The second-order valence-corrected chi connectivity index (χ2v) is 5.89. The highest BCUT2D eigenvalue weighted by molar-refractivity contribution is 5.69. The van der Waals surface area contributed by atoms with Crippen LogP contribution >= 0.6 is 0 Å². The quantitative estimate of drug-likeness (QED) is 0.551. The summed E-state index contributed by atoms with van der Waals surface area (Å²) < 4.78 is 16.1. The van der Waals surface area contributed by atoms with Crippen LogP contribution in [-0.2, 0) is 19.0 Å². The molecule has 1 heterocycles. The molecule has 0 aromatic heterocycles. The molecule has 0 amide bonds. The van der Waals surface area contributed by atoms with Crippen LogP contribution in [0.15, 0.2) is 12.2 Å². The second-order valence-electron chi connectivity index (χ2n) is 5.89. The second kappa shape index (κ2) is 8.51. The minimum atomic E-state index is -0.691. The number of hydrogen-bond acceptors (Lipinski definition) is 5. The van der Waals surface area contributed by atoms with Gasteiger partial charge in [0.2, 0.25) is 0 Å². The Hall–Kier alpha value is -0.910. The summed E-state index contributed by atoms with van der Waals surface area (Å²) >= 11 is 0. The largest absolute Gasteiger partial charge is 0.469 e. The average molecular weight is 300 g/mol. The molecule has 0 aromatic carbocycles. The zero-order valence-corrected chi connectivity index (χ0v) is 13.5. The lowest BCUT2D eigenvalue weighted by Gasteiger charge is -2.16. The number of carbonyl (C=O) groups is 1. The number of unbranched alkanes of at least 4 members (excludes halogenated alkanes) is 1. The number of esters is 1. The molecule has 1 N–H and O–H groups in total. The fraction of sp³-hybridized carbons (Fsp3) is 0.812. The Labute approximate surface area is 127 Å². The molecule has 0 radical (unpaired) electrons. The van der Waals surface area contributed by atoms with Gasteiger partial charge in [-0.25, -0.2) is 0 Å². The van der Waals surface area contributed by atoms with Gasteiger partial charge in [-0.1, -0.05) is 31.9 Å². The molecule has 1 aliphatic heterocycles. The lowest BCUT2D eigenvalue weighted by atomic mass is 9.97. The van der Waals surface area contributed by atoms with E-state index in [1.807, 2.05) is 26.0 Å². The summed E-state index contributed by atoms with van der Waals surface area (Å²) in [4.78, 5) is 11.5. The first-order valence-electron chi connectivity index (χ1n) is 7.63. The SMILES string of the molecule is CCCC[C@H](/C=C/[C@@H]1OC(C)(C)OC1CO)CC(=O)OC. The molecule has 1 rings (SSSR count). The molecule has 1 unspecified atom stereocenters. The van der Waals surface area contributed by atoms with E-state index in [0.29, 0.717) is 6.42 Å². The molecule has 1 fully saturated rings. The number of allylic oxidation sites excluding steroid dienone is 1. The highest BCUT2D eigenvalue weighted by Crippen LogP contribution is 2.29. The van der Waals surface area contributed by atoms with E-state index in [9.17, 15) is 9.90 Å². The van der Waals surface area contributed by atoms with Gasteiger partial charge in [0.05, 0.1) is 20.1 Å². The van der Waals surface area contributed by atoms with E-state index in [-0.39, 0.29) is 30.7 Å². The predicted octanol–water partition coefficient (Wildman–Crippen LogP) is 2.42. The van der Waals surface area contributed by atoms with Crippen LogP contribution in [0, 0.1) is 5.92 Å². The summed E-state index contributed by atoms with van der Waals surface area (Å²) in [5.74, 6) is -0.767. The van der Waals surface area contributed by atoms with Crippen molar-refractivity contribution in [3.05, 3.63) is 12.2 Å².